The molecule has 3 aromatic carbocycles. The van der Waals surface area contributed by atoms with Crippen LogP contribution in [0, 0.1) is 11.7 Å². The zero-order valence-electron chi connectivity index (χ0n) is 21.1. The van der Waals surface area contributed by atoms with Gasteiger partial charge in [0.2, 0.25) is 0 Å². The fraction of sp³-hybridized carbons (Fsp3) is 0.355. The summed E-state index contributed by atoms with van der Waals surface area (Å²) in [5.74, 6) is -0.229. The minimum Gasteiger partial charge on any atom is -0.393 e. The SMILES string of the molecule is O=C(N[C@@H](c1ccccc1F)C1CC1)c1ccc2[nH]nc(-c3ccc(N4[C@@H]5CC[C@H]4C[C@@H](O)C5)cc3)c2c1. The van der Waals surface area contributed by atoms with Gasteiger partial charge < -0.3 is 15.3 Å². The van der Waals surface area contributed by atoms with Gasteiger partial charge in [-0.25, -0.2) is 4.39 Å². The van der Waals surface area contributed by atoms with Gasteiger partial charge >= 0.3 is 0 Å². The van der Waals surface area contributed by atoms with Gasteiger partial charge in [0.1, 0.15) is 5.82 Å². The molecule has 1 amide bonds. The Morgan fingerprint density at radius 3 is 2.45 bits per heavy atom. The van der Waals surface area contributed by atoms with Crippen LogP contribution in [0.5, 0.6) is 0 Å². The average molecular weight is 511 g/mol. The number of hydrogen-bond acceptors (Lipinski definition) is 4. The number of nitrogens with zero attached hydrogens (tertiary/aromatic N) is 2. The number of halogens is 1. The van der Waals surface area contributed by atoms with Gasteiger partial charge in [-0.15, -0.1) is 0 Å². The van der Waals surface area contributed by atoms with Crippen LogP contribution < -0.4 is 10.2 Å². The van der Waals surface area contributed by atoms with Crippen molar-refractivity contribution < 1.29 is 14.3 Å². The normalized spacial score (nSPS) is 23.5. The highest BCUT2D eigenvalue weighted by atomic mass is 19.1. The van der Waals surface area contributed by atoms with Crippen LogP contribution in [0.25, 0.3) is 22.2 Å². The molecule has 4 aromatic rings. The first-order chi connectivity index (χ1) is 18.5. The van der Waals surface area contributed by atoms with Gasteiger partial charge in [0.05, 0.1) is 23.4 Å². The van der Waals surface area contributed by atoms with Gasteiger partial charge in [0.15, 0.2) is 0 Å². The van der Waals surface area contributed by atoms with Gasteiger partial charge in [-0.1, -0.05) is 30.3 Å². The lowest BCUT2D eigenvalue weighted by atomic mass is 9.98. The van der Waals surface area contributed by atoms with E-state index in [2.05, 4.69) is 44.7 Å². The number of fused-ring (bicyclic) bond motifs is 3. The summed E-state index contributed by atoms with van der Waals surface area (Å²) in [7, 11) is 0. The maximum absolute atomic E-state index is 14.5. The number of aromatic amines is 1. The number of H-pyrrole nitrogens is 1. The van der Waals surface area contributed by atoms with Crippen molar-refractivity contribution in [2.75, 3.05) is 4.90 Å². The van der Waals surface area contributed by atoms with E-state index in [0.29, 0.717) is 23.2 Å². The Balaban J connectivity index is 1.14. The van der Waals surface area contributed by atoms with Gasteiger partial charge in [-0.2, -0.15) is 5.10 Å². The predicted molar refractivity (Wildman–Crippen MR) is 145 cm³/mol. The van der Waals surface area contributed by atoms with Crippen LogP contribution in [0.4, 0.5) is 10.1 Å². The second kappa shape index (κ2) is 9.24. The number of aliphatic hydroxyl groups is 1. The number of piperidine rings is 1. The molecule has 1 aromatic heterocycles. The molecular weight excluding hydrogens is 479 g/mol. The molecule has 2 saturated heterocycles. The van der Waals surface area contributed by atoms with Crippen molar-refractivity contribution in [3.05, 3.63) is 83.7 Å². The Morgan fingerprint density at radius 1 is 1.00 bits per heavy atom. The predicted octanol–water partition coefficient (Wildman–Crippen LogP) is 5.74. The summed E-state index contributed by atoms with van der Waals surface area (Å²) in [5, 5.41) is 21.8. The number of carbonyl (C=O) groups excluding carboxylic acids is 1. The Morgan fingerprint density at radius 2 is 1.74 bits per heavy atom. The Bertz CT molecular complexity index is 1480. The van der Waals surface area contributed by atoms with Crippen LogP contribution in [0.15, 0.2) is 66.7 Å². The largest absolute Gasteiger partial charge is 0.393 e. The first-order valence-electron chi connectivity index (χ1n) is 13.7. The summed E-state index contributed by atoms with van der Waals surface area (Å²) in [5.41, 5.74) is 4.89. The van der Waals surface area contributed by atoms with E-state index in [1.807, 2.05) is 18.2 Å². The molecule has 0 radical (unpaired) electrons. The van der Waals surface area contributed by atoms with Crippen LogP contribution in [-0.2, 0) is 0 Å². The van der Waals surface area contributed by atoms with E-state index < -0.39 is 0 Å². The molecule has 7 rings (SSSR count). The van der Waals surface area contributed by atoms with Gasteiger partial charge in [-0.3, -0.25) is 9.89 Å². The first-order valence-corrected chi connectivity index (χ1v) is 13.7. The summed E-state index contributed by atoms with van der Waals surface area (Å²) in [6.45, 7) is 0. The summed E-state index contributed by atoms with van der Waals surface area (Å²) in [6, 6.07) is 21.2. The molecule has 1 aliphatic carbocycles. The number of hydrogen-bond donors (Lipinski definition) is 3. The van der Waals surface area contributed by atoms with E-state index in [-0.39, 0.29) is 29.8 Å². The number of benzene rings is 3. The Hall–Kier alpha value is -3.71. The first kappa shape index (κ1) is 23.4. The molecule has 0 spiro atoms. The molecule has 1 saturated carbocycles. The summed E-state index contributed by atoms with van der Waals surface area (Å²) >= 11 is 0. The molecule has 4 atom stereocenters. The highest BCUT2D eigenvalue weighted by Crippen LogP contribution is 2.42. The smallest absolute Gasteiger partial charge is 0.251 e. The number of nitrogens with one attached hydrogen (secondary N) is 2. The van der Waals surface area contributed by atoms with E-state index in [1.54, 1.807) is 18.2 Å². The maximum atomic E-state index is 14.5. The zero-order valence-corrected chi connectivity index (χ0v) is 21.1. The van der Waals surface area contributed by atoms with Crippen LogP contribution in [0.1, 0.15) is 60.5 Å². The number of aliphatic hydroxyl groups excluding tert-OH is 1. The van der Waals surface area contributed by atoms with Crippen LogP contribution in [0.2, 0.25) is 0 Å². The summed E-state index contributed by atoms with van der Waals surface area (Å²) < 4.78 is 14.5. The van der Waals surface area contributed by atoms with Gasteiger partial charge in [-0.05, 0) is 80.8 Å². The molecule has 2 bridgehead atoms. The quantitative estimate of drug-likeness (QED) is 0.309. The van der Waals surface area contributed by atoms with Crippen LogP contribution in [-0.4, -0.2) is 39.4 Å². The second-order valence-corrected chi connectivity index (χ2v) is 11.1. The molecule has 3 aliphatic rings. The van der Waals surface area contributed by atoms with E-state index in [4.69, 9.17) is 0 Å². The van der Waals surface area contributed by atoms with Crippen molar-refractivity contribution in [1.82, 2.24) is 15.5 Å². The van der Waals surface area contributed by atoms with Crippen LogP contribution >= 0.6 is 0 Å². The average Bonchev–Trinajstić information content (AvgIpc) is 3.62. The van der Waals surface area contributed by atoms with Crippen molar-refractivity contribution in [3.8, 4) is 11.3 Å². The standard InChI is InChI=1S/C31H31FN4O2/c32-27-4-2-1-3-25(27)29(18-5-6-18)33-31(38)20-9-14-28-26(15-20)30(35-34-28)19-7-10-21(11-8-19)36-22-12-13-23(36)17-24(37)16-22/h1-4,7-11,14-15,18,22-24,29,37H,5-6,12-13,16-17H2,(H,33,38)(H,34,35)/t22-,23+,24+,29-/m1/s1. The van der Waals surface area contributed by atoms with Crippen molar-refractivity contribution in [2.24, 2.45) is 5.92 Å². The number of carbonyl (C=O) groups is 1. The van der Waals surface area contributed by atoms with Crippen molar-refractivity contribution in [1.29, 1.82) is 0 Å². The number of anilines is 1. The monoisotopic (exact) mass is 510 g/mol. The van der Waals surface area contributed by atoms with Crippen molar-refractivity contribution in [3.63, 3.8) is 0 Å². The minimum atomic E-state index is -0.332. The number of aromatic nitrogens is 2. The molecule has 3 N–H and O–H groups in total. The van der Waals surface area contributed by atoms with E-state index in [9.17, 15) is 14.3 Å². The molecule has 6 nitrogen and oxygen atoms in total. The topological polar surface area (TPSA) is 81.2 Å². The molecule has 0 unspecified atom stereocenters. The lowest BCUT2D eigenvalue weighted by molar-refractivity contribution is 0.0931. The molecular formula is C31H31FN4O2. The fourth-order valence-electron chi connectivity index (χ4n) is 6.57. The highest BCUT2D eigenvalue weighted by molar-refractivity contribution is 6.01. The summed E-state index contributed by atoms with van der Waals surface area (Å²) in [4.78, 5) is 15.8. The third-order valence-corrected chi connectivity index (χ3v) is 8.59. The second-order valence-electron chi connectivity index (χ2n) is 11.1. The molecule has 38 heavy (non-hydrogen) atoms. The van der Waals surface area contributed by atoms with E-state index >= 15 is 0 Å². The minimum absolute atomic E-state index is 0.184. The lowest BCUT2D eigenvalue weighted by Gasteiger charge is -2.39. The third kappa shape index (κ3) is 4.15. The molecule has 3 heterocycles. The van der Waals surface area contributed by atoms with Crippen molar-refractivity contribution in [2.45, 2.75) is 62.8 Å². The van der Waals surface area contributed by atoms with Crippen LogP contribution in [0.3, 0.4) is 0 Å². The zero-order chi connectivity index (χ0) is 25.8. The van der Waals surface area contributed by atoms with Gasteiger partial charge in [0, 0.05) is 39.8 Å². The molecule has 7 heteroatoms. The Labute approximate surface area is 220 Å². The fourth-order valence-corrected chi connectivity index (χ4v) is 6.57. The van der Waals surface area contributed by atoms with Gasteiger partial charge in [0.25, 0.3) is 5.91 Å². The molecule has 3 fully saturated rings. The Kier molecular flexibility index (Phi) is 5.69. The maximum Gasteiger partial charge on any atom is 0.251 e. The molecule has 2 aliphatic heterocycles. The summed E-state index contributed by atoms with van der Waals surface area (Å²) in [6.07, 6.45) is 5.74. The van der Waals surface area contributed by atoms with E-state index in [0.717, 1.165) is 60.7 Å². The lowest BCUT2D eigenvalue weighted by Crippen LogP contribution is -2.44. The van der Waals surface area contributed by atoms with Crippen molar-refractivity contribution >= 4 is 22.5 Å². The third-order valence-electron chi connectivity index (χ3n) is 8.59. The van der Waals surface area contributed by atoms with E-state index in [1.165, 1.54) is 11.8 Å². The number of amides is 1. The number of rotatable bonds is 6. The molecule has 194 valence electrons. The highest BCUT2D eigenvalue weighted by Gasteiger charge is 2.40.